The van der Waals surface area contributed by atoms with Gasteiger partial charge >= 0.3 is 0 Å². The molecule has 2 amide bonds. The fourth-order valence-electron chi connectivity index (χ4n) is 2.24. The van der Waals surface area contributed by atoms with E-state index in [0.29, 0.717) is 20.7 Å². The molecule has 0 saturated carbocycles. The molecule has 0 spiro atoms. The van der Waals surface area contributed by atoms with Crippen LogP contribution in [0.15, 0.2) is 26.3 Å². The lowest BCUT2D eigenvalue weighted by Gasteiger charge is -2.20. The molecule has 2 aromatic rings. The lowest BCUT2D eigenvalue weighted by atomic mass is 10.3. The molecular weight excluding hydrogens is 464 g/mol. The van der Waals surface area contributed by atoms with Gasteiger partial charge in [0.25, 0.3) is 11.8 Å². The number of hydrogen-bond donors (Lipinski definition) is 0. The number of amides is 2. The second-order valence-electron chi connectivity index (χ2n) is 4.89. The van der Waals surface area contributed by atoms with Crippen LogP contribution in [0.1, 0.15) is 21.0 Å². The number of carbonyl (C=O) groups excluding carboxylic acids is 2. The normalized spacial score (nSPS) is 13.9. The number of halogens is 2. The number of aromatic nitrogens is 4. The van der Waals surface area contributed by atoms with Crippen molar-refractivity contribution in [3.8, 4) is 0 Å². The van der Waals surface area contributed by atoms with Gasteiger partial charge in [0.1, 0.15) is 11.4 Å². The van der Waals surface area contributed by atoms with Crippen LogP contribution in [0, 0.1) is 0 Å². The van der Waals surface area contributed by atoms with Crippen molar-refractivity contribution in [2.24, 2.45) is 19.1 Å². The zero-order valence-electron chi connectivity index (χ0n) is 12.7. The van der Waals surface area contributed by atoms with E-state index in [-0.39, 0.29) is 11.4 Å². The summed E-state index contributed by atoms with van der Waals surface area (Å²) in [5.74, 6) is -0.257. The van der Waals surface area contributed by atoms with E-state index < -0.39 is 11.8 Å². The summed E-state index contributed by atoms with van der Waals surface area (Å²) < 4.78 is 3.87. The van der Waals surface area contributed by atoms with Crippen LogP contribution < -0.4 is 0 Å². The molecule has 1 aliphatic rings. The summed E-state index contributed by atoms with van der Waals surface area (Å²) in [4.78, 5) is 31.5. The minimum atomic E-state index is -0.492. The molecule has 0 fully saturated rings. The Bertz CT molecular complexity index is 762. The van der Waals surface area contributed by atoms with Gasteiger partial charge in [-0.1, -0.05) is 11.8 Å². The van der Waals surface area contributed by atoms with Crippen LogP contribution in [0.4, 0.5) is 0 Å². The van der Waals surface area contributed by atoms with Crippen LogP contribution in [0.5, 0.6) is 0 Å². The molecule has 8 nitrogen and oxygen atoms in total. The smallest absolute Gasteiger partial charge is 0.266 e. The first-order chi connectivity index (χ1) is 11.4. The molecule has 0 unspecified atom stereocenters. The third-order valence-electron chi connectivity index (χ3n) is 3.36. The van der Waals surface area contributed by atoms with Gasteiger partial charge in [0.05, 0.1) is 27.9 Å². The third-order valence-corrected chi connectivity index (χ3v) is 5.48. The van der Waals surface area contributed by atoms with E-state index in [1.807, 2.05) is 0 Å². The zero-order valence-corrected chi connectivity index (χ0v) is 16.7. The van der Waals surface area contributed by atoms with Crippen molar-refractivity contribution in [2.75, 3.05) is 12.3 Å². The summed E-state index contributed by atoms with van der Waals surface area (Å²) in [6.45, 7) is 0.566. The number of aryl methyl sites for hydroxylation is 2. The van der Waals surface area contributed by atoms with Gasteiger partial charge in [-0.2, -0.15) is 10.2 Å². The Morgan fingerprint density at radius 2 is 1.58 bits per heavy atom. The Balaban J connectivity index is 2.08. The van der Waals surface area contributed by atoms with Crippen LogP contribution in [0.25, 0.3) is 0 Å². The predicted molar refractivity (Wildman–Crippen MR) is 97.1 cm³/mol. The largest absolute Gasteiger partial charge is 0.286 e. The highest BCUT2D eigenvalue weighted by molar-refractivity contribution is 9.10. The van der Waals surface area contributed by atoms with E-state index in [1.165, 1.54) is 33.5 Å². The van der Waals surface area contributed by atoms with E-state index >= 15 is 0 Å². The fraction of sp³-hybridized carbons (Fsp3) is 0.308. The number of thioether (sulfide) groups is 1. The van der Waals surface area contributed by atoms with E-state index in [2.05, 4.69) is 47.0 Å². The van der Waals surface area contributed by atoms with Crippen molar-refractivity contribution >= 4 is 60.6 Å². The van der Waals surface area contributed by atoms with Crippen molar-refractivity contribution in [1.29, 1.82) is 0 Å². The van der Waals surface area contributed by atoms with Gasteiger partial charge in [0.2, 0.25) is 0 Å². The summed E-state index contributed by atoms with van der Waals surface area (Å²) >= 11 is 7.98. The maximum Gasteiger partial charge on any atom is 0.286 e. The monoisotopic (exact) mass is 474 g/mol. The number of nitrogens with zero attached hydrogens (tertiary/aromatic N) is 6. The SMILES string of the molecule is Cn1ncc(Br)c1C(=O)N(C(=O)c1c(Br)cnn1C)C1=NCCS1. The van der Waals surface area contributed by atoms with Crippen LogP contribution in [-0.4, -0.2) is 53.7 Å². The summed E-state index contributed by atoms with van der Waals surface area (Å²) in [5.41, 5.74) is 0.550. The molecule has 0 aromatic carbocycles. The van der Waals surface area contributed by atoms with Gasteiger partial charge in [0.15, 0.2) is 5.17 Å². The Labute approximate surface area is 158 Å². The molecule has 0 radical (unpaired) electrons. The molecule has 126 valence electrons. The highest BCUT2D eigenvalue weighted by Gasteiger charge is 2.35. The first-order valence-electron chi connectivity index (χ1n) is 6.83. The first kappa shape index (κ1) is 17.4. The standard InChI is InChI=1S/C13H12Br2N6O2S/c1-19-9(7(14)5-17-19)11(22)21(13-16-3-4-24-13)12(23)10-8(15)6-18-20(10)2/h5-6H,3-4H2,1-2H3. The topological polar surface area (TPSA) is 85.4 Å². The van der Waals surface area contributed by atoms with Gasteiger partial charge in [-0.05, 0) is 31.9 Å². The molecular formula is C13H12Br2N6O2S. The molecule has 3 rings (SSSR count). The van der Waals surface area contributed by atoms with E-state index in [0.717, 1.165) is 10.7 Å². The first-order valence-corrected chi connectivity index (χ1v) is 9.40. The van der Waals surface area contributed by atoms with Gasteiger partial charge in [-0.15, -0.1) is 0 Å². The van der Waals surface area contributed by atoms with Crippen molar-refractivity contribution in [3.05, 3.63) is 32.7 Å². The van der Waals surface area contributed by atoms with Crippen LogP contribution in [-0.2, 0) is 14.1 Å². The molecule has 2 aromatic heterocycles. The molecule has 0 bridgehead atoms. The molecule has 0 N–H and O–H groups in total. The molecule has 3 heterocycles. The summed E-state index contributed by atoms with van der Waals surface area (Å²) in [6.07, 6.45) is 3.03. The van der Waals surface area contributed by atoms with Crippen molar-refractivity contribution in [1.82, 2.24) is 24.5 Å². The Kier molecular flexibility index (Phi) is 4.92. The average molecular weight is 476 g/mol. The average Bonchev–Trinajstić information content (AvgIpc) is 3.22. The number of aliphatic imine (C=N–C) groups is 1. The van der Waals surface area contributed by atoms with Crippen LogP contribution in [0.3, 0.4) is 0 Å². The molecule has 11 heteroatoms. The lowest BCUT2D eigenvalue weighted by Crippen LogP contribution is -2.42. The van der Waals surface area contributed by atoms with E-state index in [9.17, 15) is 9.59 Å². The number of hydrogen-bond acceptors (Lipinski definition) is 6. The van der Waals surface area contributed by atoms with Crippen LogP contribution in [0.2, 0.25) is 0 Å². The lowest BCUT2D eigenvalue weighted by molar-refractivity contribution is 0.0704. The van der Waals surface area contributed by atoms with E-state index in [4.69, 9.17) is 0 Å². The maximum absolute atomic E-state index is 13.1. The van der Waals surface area contributed by atoms with Crippen LogP contribution >= 0.6 is 43.6 Å². The summed E-state index contributed by atoms with van der Waals surface area (Å²) in [5, 5.41) is 8.46. The van der Waals surface area contributed by atoms with Gasteiger partial charge in [-0.25, -0.2) is 4.90 Å². The molecule has 24 heavy (non-hydrogen) atoms. The molecule has 0 aliphatic carbocycles. The predicted octanol–water partition coefficient (Wildman–Crippen LogP) is 2.06. The third kappa shape index (κ3) is 2.95. The summed E-state index contributed by atoms with van der Waals surface area (Å²) in [7, 11) is 3.29. The Morgan fingerprint density at radius 1 is 1.08 bits per heavy atom. The zero-order chi connectivity index (χ0) is 17.4. The van der Waals surface area contributed by atoms with Gasteiger partial charge < -0.3 is 0 Å². The minimum absolute atomic E-state index is 0.275. The Hall–Kier alpha value is -1.46. The highest BCUT2D eigenvalue weighted by atomic mass is 79.9. The van der Waals surface area contributed by atoms with Crippen molar-refractivity contribution in [2.45, 2.75) is 0 Å². The molecule has 0 saturated heterocycles. The quantitative estimate of drug-likeness (QED) is 0.620. The molecule has 0 atom stereocenters. The number of imide groups is 1. The number of rotatable bonds is 2. The Morgan fingerprint density at radius 3 is 1.92 bits per heavy atom. The van der Waals surface area contributed by atoms with Crippen molar-refractivity contribution < 1.29 is 9.59 Å². The second kappa shape index (κ2) is 6.81. The van der Waals surface area contributed by atoms with Gasteiger partial charge in [0, 0.05) is 19.8 Å². The fourth-order valence-corrected chi connectivity index (χ4v) is 4.12. The van der Waals surface area contributed by atoms with E-state index in [1.54, 1.807) is 14.1 Å². The number of carbonyl (C=O) groups is 2. The molecule has 1 aliphatic heterocycles. The minimum Gasteiger partial charge on any atom is -0.266 e. The number of amidine groups is 1. The second-order valence-corrected chi connectivity index (χ2v) is 7.66. The van der Waals surface area contributed by atoms with Crippen molar-refractivity contribution in [3.63, 3.8) is 0 Å². The summed E-state index contributed by atoms with van der Waals surface area (Å²) in [6, 6.07) is 0. The maximum atomic E-state index is 13.1. The van der Waals surface area contributed by atoms with Gasteiger partial charge in [-0.3, -0.25) is 23.9 Å². The highest BCUT2D eigenvalue weighted by Crippen LogP contribution is 2.25.